The van der Waals surface area contributed by atoms with Crippen molar-refractivity contribution < 1.29 is 4.74 Å². The molecular weight excluding hydrogens is 202 g/mol. The smallest absolute Gasteiger partial charge is 0.123 e. The number of ether oxygens (including phenoxy) is 1. The molecule has 0 aliphatic carbocycles. The number of rotatable bonds is 3. The maximum Gasteiger partial charge on any atom is 0.123 e. The van der Waals surface area contributed by atoms with E-state index in [4.69, 9.17) is 10.5 Å². The van der Waals surface area contributed by atoms with Crippen LogP contribution in [0, 0.1) is 0 Å². The predicted octanol–water partition coefficient (Wildman–Crippen LogP) is 1.27. The molecule has 4 heteroatoms. The monoisotopic (exact) mass is 221 g/mol. The zero-order valence-electron chi connectivity index (χ0n) is 9.72. The maximum atomic E-state index is 5.64. The van der Waals surface area contributed by atoms with E-state index in [2.05, 4.69) is 16.8 Å². The quantitative estimate of drug-likeness (QED) is 0.835. The summed E-state index contributed by atoms with van der Waals surface area (Å²) < 4.78 is 5.64. The number of aromatic nitrogens is 1. The average molecular weight is 221 g/mol. The fourth-order valence-corrected chi connectivity index (χ4v) is 1.96. The Hall–Kier alpha value is -1.13. The Morgan fingerprint density at radius 1 is 1.56 bits per heavy atom. The van der Waals surface area contributed by atoms with E-state index in [1.54, 1.807) is 0 Å². The molecule has 0 radical (unpaired) electrons. The molecule has 0 aromatic carbocycles. The summed E-state index contributed by atoms with van der Waals surface area (Å²) in [5.74, 6) is 0.581. The Morgan fingerprint density at radius 2 is 2.44 bits per heavy atom. The third-order valence-corrected chi connectivity index (χ3v) is 2.93. The Morgan fingerprint density at radius 3 is 3.12 bits per heavy atom. The van der Waals surface area contributed by atoms with E-state index in [1.807, 2.05) is 18.3 Å². The zero-order chi connectivity index (χ0) is 11.4. The molecule has 4 nitrogen and oxygen atoms in total. The fraction of sp³-hybridized carbons (Fsp3) is 0.583. The van der Waals surface area contributed by atoms with Crippen LogP contribution in [-0.2, 0) is 11.3 Å². The van der Waals surface area contributed by atoms with Crippen molar-refractivity contribution in [2.24, 2.45) is 0 Å². The molecular formula is C12H19N3O. The maximum absolute atomic E-state index is 5.64. The Balaban J connectivity index is 1.91. The van der Waals surface area contributed by atoms with E-state index in [0.717, 1.165) is 32.7 Å². The second kappa shape index (κ2) is 5.27. The summed E-state index contributed by atoms with van der Waals surface area (Å²) in [6.45, 7) is 5.95. The molecule has 1 fully saturated rings. The van der Waals surface area contributed by atoms with Crippen molar-refractivity contribution in [1.29, 1.82) is 0 Å². The van der Waals surface area contributed by atoms with Crippen LogP contribution in [0.1, 0.15) is 18.9 Å². The van der Waals surface area contributed by atoms with Gasteiger partial charge >= 0.3 is 0 Å². The molecule has 16 heavy (non-hydrogen) atoms. The summed E-state index contributed by atoms with van der Waals surface area (Å²) in [7, 11) is 0. The molecule has 2 N–H and O–H groups in total. The van der Waals surface area contributed by atoms with Crippen molar-refractivity contribution in [3.05, 3.63) is 23.9 Å². The molecule has 0 saturated carbocycles. The van der Waals surface area contributed by atoms with Gasteiger partial charge in [-0.05, 0) is 18.1 Å². The number of nitrogens with two attached hydrogens (primary N) is 1. The van der Waals surface area contributed by atoms with Crippen LogP contribution >= 0.6 is 0 Å². The van der Waals surface area contributed by atoms with Crippen molar-refractivity contribution in [2.75, 3.05) is 25.4 Å². The van der Waals surface area contributed by atoms with Crippen molar-refractivity contribution >= 4 is 5.82 Å². The highest BCUT2D eigenvalue weighted by Gasteiger charge is 2.18. The fourth-order valence-electron chi connectivity index (χ4n) is 1.96. The van der Waals surface area contributed by atoms with Gasteiger partial charge in [-0.2, -0.15) is 0 Å². The van der Waals surface area contributed by atoms with Crippen LogP contribution in [0.3, 0.4) is 0 Å². The second-order valence-electron chi connectivity index (χ2n) is 4.23. The first kappa shape index (κ1) is 11.4. The van der Waals surface area contributed by atoms with Gasteiger partial charge in [0.15, 0.2) is 0 Å². The lowest BCUT2D eigenvalue weighted by molar-refractivity contribution is -0.0324. The summed E-state index contributed by atoms with van der Waals surface area (Å²) in [6.07, 6.45) is 3.32. The van der Waals surface area contributed by atoms with Gasteiger partial charge in [-0.15, -0.1) is 0 Å². The van der Waals surface area contributed by atoms with Gasteiger partial charge in [0.25, 0.3) is 0 Å². The third-order valence-electron chi connectivity index (χ3n) is 2.93. The SMILES string of the molecule is CCC1CN(Cc2ccc(N)nc2)CCO1. The first-order chi connectivity index (χ1) is 7.78. The summed E-state index contributed by atoms with van der Waals surface area (Å²) in [5, 5.41) is 0. The number of nitrogens with zero attached hydrogens (tertiary/aromatic N) is 2. The van der Waals surface area contributed by atoms with Crippen molar-refractivity contribution in [3.63, 3.8) is 0 Å². The number of hydrogen-bond donors (Lipinski definition) is 1. The number of pyridine rings is 1. The molecule has 1 aromatic heterocycles. The standard InChI is InChI=1S/C12H19N3O/c1-2-11-9-15(5-6-16-11)8-10-3-4-12(13)14-7-10/h3-4,7,11H,2,5-6,8-9H2,1H3,(H2,13,14). The molecule has 1 aliphatic rings. The Bertz CT molecular complexity index is 326. The molecule has 1 atom stereocenters. The van der Waals surface area contributed by atoms with Crippen LogP contribution in [0.15, 0.2) is 18.3 Å². The van der Waals surface area contributed by atoms with Crippen molar-refractivity contribution in [1.82, 2.24) is 9.88 Å². The minimum atomic E-state index is 0.385. The van der Waals surface area contributed by atoms with Crippen LogP contribution in [0.5, 0.6) is 0 Å². The lowest BCUT2D eigenvalue weighted by atomic mass is 10.2. The number of anilines is 1. The van der Waals surface area contributed by atoms with Gasteiger partial charge in [0.05, 0.1) is 12.7 Å². The van der Waals surface area contributed by atoms with E-state index in [0.29, 0.717) is 11.9 Å². The average Bonchev–Trinajstić information content (AvgIpc) is 2.32. The molecule has 1 saturated heterocycles. The normalized spacial score (nSPS) is 22.2. The van der Waals surface area contributed by atoms with Gasteiger partial charge in [-0.25, -0.2) is 4.98 Å². The second-order valence-corrected chi connectivity index (χ2v) is 4.23. The number of nitrogen functional groups attached to an aromatic ring is 1. The molecule has 1 aromatic rings. The number of morpholine rings is 1. The van der Waals surface area contributed by atoms with Gasteiger partial charge in [-0.1, -0.05) is 13.0 Å². The lowest BCUT2D eigenvalue weighted by Crippen LogP contribution is -2.41. The zero-order valence-corrected chi connectivity index (χ0v) is 9.72. The first-order valence-corrected chi connectivity index (χ1v) is 5.82. The minimum Gasteiger partial charge on any atom is -0.384 e. The van der Waals surface area contributed by atoms with E-state index in [-0.39, 0.29) is 0 Å². The minimum absolute atomic E-state index is 0.385. The van der Waals surface area contributed by atoms with Gasteiger partial charge in [-0.3, -0.25) is 4.90 Å². The van der Waals surface area contributed by atoms with E-state index < -0.39 is 0 Å². The summed E-state index contributed by atoms with van der Waals surface area (Å²) in [5.41, 5.74) is 6.77. The first-order valence-electron chi connectivity index (χ1n) is 5.82. The molecule has 2 rings (SSSR count). The third kappa shape index (κ3) is 2.93. The molecule has 0 spiro atoms. The van der Waals surface area contributed by atoms with Gasteiger partial charge in [0.2, 0.25) is 0 Å². The Kier molecular flexibility index (Phi) is 3.74. The van der Waals surface area contributed by atoms with Crippen LogP contribution in [0.4, 0.5) is 5.82 Å². The summed E-state index contributed by atoms with van der Waals surface area (Å²) in [4.78, 5) is 6.51. The van der Waals surface area contributed by atoms with E-state index in [9.17, 15) is 0 Å². The van der Waals surface area contributed by atoms with Crippen LogP contribution in [0.2, 0.25) is 0 Å². The molecule has 2 heterocycles. The highest BCUT2D eigenvalue weighted by molar-refractivity contribution is 5.29. The highest BCUT2D eigenvalue weighted by atomic mass is 16.5. The van der Waals surface area contributed by atoms with Crippen LogP contribution < -0.4 is 5.73 Å². The lowest BCUT2D eigenvalue weighted by Gasteiger charge is -2.32. The predicted molar refractivity (Wildman–Crippen MR) is 64.0 cm³/mol. The summed E-state index contributed by atoms with van der Waals surface area (Å²) in [6, 6.07) is 3.89. The highest BCUT2D eigenvalue weighted by Crippen LogP contribution is 2.12. The molecule has 0 bridgehead atoms. The van der Waals surface area contributed by atoms with Gasteiger partial charge < -0.3 is 10.5 Å². The Labute approximate surface area is 96.4 Å². The molecule has 88 valence electrons. The van der Waals surface area contributed by atoms with E-state index in [1.165, 1.54) is 5.56 Å². The van der Waals surface area contributed by atoms with Gasteiger partial charge in [0, 0.05) is 25.8 Å². The van der Waals surface area contributed by atoms with Crippen molar-refractivity contribution in [3.8, 4) is 0 Å². The largest absolute Gasteiger partial charge is 0.384 e. The topological polar surface area (TPSA) is 51.4 Å². The van der Waals surface area contributed by atoms with Crippen LogP contribution in [0.25, 0.3) is 0 Å². The number of hydrogen-bond acceptors (Lipinski definition) is 4. The van der Waals surface area contributed by atoms with Gasteiger partial charge in [0.1, 0.15) is 5.82 Å². The molecule has 1 aliphatic heterocycles. The molecule has 0 amide bonds. The van der Waals surface area contributed by atoms with Crippen molar-refractivity contribution in [2.45, 2.75) is 26.0 Å². The van der Waals surface area contributed by atoms with E-state index >= 15 is 0 Å². The van der Waals surface area contributed by atoms with Crippen LogP contribution in [-0.4, -0.2) is 35.7 Å². The molecule has 1 unspecified atom stereocenters. The summed E-state index contributed by atoms with van der Waals surface area (Å²) >= 11 is 0.